The van der Waals surface area contributed by atoms with Crippen LogP contribution >= 0.6 is 12.6 Å². The zero-order chi connectivity index (χ0) is 39.7. The van der Waals surface area contributed by atoms with Crippen molar-refractivity contribution in [2.75, 3.05) is 33.2 Å². The number of para-hydroxylation sites is 1. The first-order chi connectivity index (χ1) is 25.8. The second-order valence-corrected chi connectivity index (χ2v) is 18.8. The number of aliphatic hydroxyl groups is 1. The molecule has 5 heterocycles. The van der Waals surface area contributed by atoms with Gasteiger partial charge < -0.3 is 30.1 Å². The molecule has 2 aromatic carbocycles. The van der Waals surface area contributed by atoms with E-state index in [1.807, 2.05) is 32.2 Å². The van der Waals surface area contributed by atoms with E-state index in [-0.39, 0.29) is 23.6 Å². The molecular weight excluding hydrogens is 701 g/mol. The highest BCUT2D eigenvalue weighted by molar-refractivity contribution is 7.83. The molecule has 10 nitrogen and oxygen atoms in total. The largest absolute Gasteiger partial charge is 0.378 e. The van der Waals surface area contributed by atoms with Crippen LogP contribution in [-0.2, 0) is 6.42 Å². The summed E-state index contributed by atoms with van der Waals surface area (Å²) < 4.78 is -0.626. The Bertz CT molecular complexity index is 2120. The van der Waals surface area contributed by atoms with Crippen LogP contribution in [0, 0.1) is 6.92 Å². The van der Waals surface area contributed by atoms with Gasteiger partial charge in [0.1, 0.15) is 21.3 Å². The molecular formula is C41H59B3N8O2S. The van der Waals surface area contributed by atoms with Gasteiger partial charge in [-0.15, -0.1) is 0 Å². The Hall–Kier alpha value is -3.58. The monoisotopic (exact) mass is 760 g/mol. The Balaban J connectivity index is 1.18. The molecule has 3 fully saturated rings. The van der Waals surface area contributed by atoms with E-state index in [4.69, 9.17) is 19.2 Å². The molecule has 14 heteroatoms. The summed E-state index contributed by atoms with van der Waals surface area (Å²) in [5, 5.41) is 26.4. The van der Waals surface area contributed by atoms with Crippen molar-refractivity contribution < 1.29 is 5.11 Å². The molecule has 290 valence electrons. The van der Waals surface area contributed by atoms with Gasteiger partial charge in [-0.3, -0.25) is 14.8 Å². The van der Waals surface area contributed by atoms with Gasteiger partial charge >= 0.3 is 0 Å². The quantitative estimate of drug-likeness (QED) is 0.131. The lowest BCUT2D eigenvalue weighted by Crippen LogP contribution is -2.88. The lowest BCUT2D eigenvalue weighted by atomic mass is 9.53. The summed E-state index contributed by atoms with van der Waals surface area (Å²) in [5.41, 5.74) is 3.17. The fraction of sp³-hybridized carbons (Fsp3) is 0.512. The normalized spacial score (nSPS) is 27.8. The minimum Gasteiger partial charge on any atom is -0.378 e. The number of piperidine rings is 2. The lowest BCUT2D eigenvalue weighted by Gasteiger charge is -2.73. The topological polar surface area (TPSA) is 107 Å². The van der Waals surface area contributed by atoms with Crippen molar-refractivity contribution in [3.05, 3.63) is 100 Å². The number of pyridine rings is 1. The van der Waals surface area contributed by atoms with E-state index in [9.17, 15) is 9.90 Å². The van der Waals surface area contributed by atoms with E-state index in [1.165, 1.54) is 0 Å². The number of fused-ring (bicyclic) bond motifs is 2. The van der Waals surface area contributed by atoms with Gasteiger partial charge in [-0.2, -0.15) is 17.7 Å². The van der Waals surface area contributed by atoms with E-state index in [0.29, 0.717) is 6.42 Å². The molecule has 4 unspecified atom stereocenters. The van der Waals surface area contributed by atoms with Crippen LogP contribution in [0.15, 0.2) is 78.1 Å². The second kappa shape index (κ2) is 14.4. The number of hydrogen-bond acceptors (Lipinski definition) is 9. The number of benzene rings is 2. The zero-order valence-corrected chi connectivity index (χ0v) is 35.1. The molecule has 3 aliphatic rings. The molecule has 3 saturated heterocycles. The molecule has 4 aromatic rings. The van der Waals surface area contributed by atoms with Crippen molar-refractivity contribution >= 4 is 58.0 Å². The van der Waals surface area contributed by atoms with Gasteiger partial charge in [-0.25, -0.2) is 0 Å². The maximum atomic E-state index is 13.2. The Morgan fingerprint density at radius 1 is 1.04 bits per heavy atom. The third-order valence-corrected chi connectivity index (χ3v) is 14.6. The van der Waals surface area contributed by atoms with Crippen molar-refractivity contribution in [3.63, 3.8) is 0 Å². The first kappa shape index (κ1) is 39.7. The first-order valence-electron chi connectivity index (χ1n) is 20.0. The smallest absolute Gasteiger partial charge is 0.251 e. The fourth-order valence-electron chi connectivity index (χ4n) is 10.1. The predicted octanol–water partition coefficient (Wildman–Crippen LogP) is 2.41. The summed E-state index contributed by atoms with van der Waals surface area (Å²) in [7, 11) is 8.56. The summed E-state index contributed by atoms with van der Waals surface area (Å²) in [5.74, 6) is 0.980. The van der Waals surface area contributed by atoms with Gasteiger partial charge in [0.05, 0.1) is 29.1 Å². The van der Waals surface area contributed by atoms with Crippen LogP contribution in [0.3, 0.4) is 0 Å². The van der Waals surface area contributed by atoms with Crippen LogP contribution in [0.25, 0.3) is 21.8 Å². The predicted molar refractivity (Wildman–Crippen MR) is 237 cm³/mol. The Morgan fingerprint density at radius 3 is 2.40 bits per heavy atom. The van der Waals surface area contributed by atoms with Crippen LogP contribution < -0.4 is 10.9 Å². The van der Waals surface area contributed by atoms with Crippen molar-refractivity contribution in [2.45, 2.75) is 99.2 Å². The number of H-pyrrole nitrogens is 2. The van der Waals surface area contributed by atoms with E-state index < -0.39 is 21.4 Å². The number of nitrogens with zero attached hydrogens (tertiary/aromatic N) is 5. The minimum atomic E-state index is -1.31. The Kier molecular flexibility index (Phi) is 10.4. The number of hydrogen-bond donors (Lipinski definition) is 5. The molecule has 0 spiro atoms. The lowest BCUT2D eigenvalue weighted by molar-refractivity contribution is -0.216. The molecule has 4 atom stereocenters. The molecule has 3 aliphatic heterocycles. The van der Waals surface area contributed by atoms with Gasteiger partial charge in [0, 0.05) is 51.5 Å². The zero-order valence-electron chi connectivity index (χ0n) is 34.2. The summed E-state index contributed by atoms with van der Waals surface area (Å²) in [6.45, 7) is 21.6. The van der Waals surface area contributed by atoms with Gasteiger partial charge in [0.2, 0.25) is 0 Å². The van der Waals surface area contributed by atoms with Gasteiger partial charge in [-0.05, 0) is 121 Å². The molecule has 0 aliphatic carbocycles. The number of aryl methyl sites for hydroxylation is 1. The number of aromatic amines is 2. The number of thiol groups is 1. The second-order valence-electron chi connectivity index (χ2n) is 17.9. The van der Waals surface area contributed by atoms with Crippen molar-refractivity contribution in [1.29, 1.82) is 0 Å². The van der Waals surface area contributed by atoms with Crippen molar-refractivity contribution in [1.82, 2.24) is 40.1 Å². The van der Waals surface area contributed by atoms with Crippen molar-refractivity contribution in [3.8, 4) is 0 Å². The highest BCUT2D eigenvalue weighted by Gasteiger charge is 2.66. The van der Waals surface area contributed by atoms with E-state index in [0.717, 1.165) is 102 Å². The minimum absolute atomic E-state index is 0.0000465. The maximum absolute atomic E-state index is 13.2. The van der Waals surface area contributed by atoms with Crippen LogP contribution in [-0.4, -0.2) is 130 Å². The first-order valence-corrected chi connectivity index (χ1v) is 20.5. The summed E-state index contributed by atoms with van der Waals surface area (Å²) >= 11 is 5.54. The third kappa shape index (κ3) is 6.85. The number of nitrogens with one attached hydrogen (secondary N) is 3. The SMILES string of the molecule is BC1(C)N(C(=C)C(Cc2cc(C)c3[nH]ncc3c2)NC(=C)N2CCC(c3cc4ccccc4[nH]c3=O)CC2)C(B)(O)C(C)(C)N(C2CCN(C)CC2)C1(B)S. The molecule has 2 aromatic heterocycles. The Labute approximate surface area is 334 Å². The number of rotatable bonds is 9. The highest BCUT2D eigenvalue weighted by Crippen LogP contribution is 2.52. The molecule has 0 saturated carbocycles. The average molecular weight is 760 g/mol. The van der Waals surface area contributed by atoms with Crippen LogP contribution in [0.4, 0.5) is 0 Å². The van der Waals surface area contributed by atoms with Crippen LogP contribution in [0.5, 0.6) is 0 Å². The van der Waals surface area contributed by atoms with E-state index in [1.54, 1.807) is 0 Å². The van der Waals surface area contributed by atoms with Crippen molar-refractivity contribution in [2.24, 2.45) is 0 Å². The molecule has 55 heavy (non-hydrogen) atoms. The van der Waals surface area contributed by atoms with Gasteiger partial charge in [-0.1, -0.05) is 37.4 Å². The summed E-state index contributed by atoms with van der Waals surface area (Å²) in [6.07, 6.45) is 6.23. The molecule has 0 amide bonds. The molecule has 0 radical (unpaired) electrons. The number of piperazine rings is 1. The average Bonchev–Trinajstić information content (AvgIpc) is 3.60. The molecule has 0 bridgehead atoms. The van der Waals surface area contributed by atoms with Gasteiger partial charge in [0.25, 0.3) is 5.56 Å². The maximum Gasteiger partial charge on any atom is 0.251 e. The number of likely N-dealkylation sites (tertiary alicyclic amines) is 2. The van der Waals surface area contributed by atoms with E-state index >= 15 is 0 Å². The van der Waals surface area contributed by atoms with E-state index in [2.05, 4.69) is 121 Å². The standard InChI is InChI=1S/C41H59B3N8O2S/c1-25-20-28(21-31-24-45-48-36(25)31)22-35(46-27(3)50-18-12-29(13-19-50)33-23-30-10-8-9-11-34(30)47-37(33)53)26(2)51-39(6,42)41(44,55)52(38(4,5)40(51,43)54)32-14-16-49(7)17-15-32/h8-11,20-21,23-24,29,32,35,46,54-55H,2-3,12-19,22,42-44H2,1,4-7H3,(H,45,48)(H,47,53). The van der Waals surface area contributed by atoms with Crippen LogP contribution in [0.1, 0.15) is 69.1 Å². The summed E-state index contributed by atoms with van der Waals surface area (Å²) in [6, 6.07) is 14.4. The van der Waals surface area contributed by atoms with Gasteiger partial charge in [0.15, 0.2) is 7.85 Å². The fourth-order valence-corrected chi connectivity index (χ4v) is 10.6. The molecule has 4 N–H and O–H groups in total. The summed E-state index contributed by atoms with van der Waals surface area (Å²) in [4.78, 5) is 25.6. The highest BCUT2D eigenvalue weighted by atomic mass is 32.1. The van der Waals surface area contributed by atoms with Crippen LogP contribution in [0.2, 0.25) is 0 Å². The number of aromatic nitrogens is 3. The third-order valence-electron chi connectivity index (χ3n) is 13.8. The molecule has 7 rings (SSSR count). The Morgan fingerprint density at radius 2 is 1.71 bits per heavy atom.